The molecule has 0 aliphatic rings. The van der Waals surface area contributed by atoms with Crippen LogP contribution in [0.2, 0.25) is 0 Å². The zero-order valence-electron chi connectivity index (χ0n) is 10.4. The first-order valence-corrected chi connectivity index (χ1v) is 6.66. The summed E-state index contributed by atoms with van der Waals surface area (Å²) in [5.74, 6) is -0.485. The number of halogens is 1. The van der Waals surface area contributed by atoms with Crippen molar-refractivity contribution in [2.24, 2.45) is 0 Å². The van der Waals surface area contributed by atoms with Crippen LogP contribution < -0.4 is 0 Å². The van der Waals surface area contributed by atoms with Crippen molar-refractivity contribution in [1.82, 2.24) is 9.97 Å². The van der Waals surface area contributed by atoms with Crippen LogP contribution in [0.15, 0.2) is 41.0 Å². The summed E-state index contributed by atoms with van der Waals surface area (Å²) in [6.45, 7) is 1.81. The highest BCUT2D eigenvalue weighted by Crippen LogP contribution is 2.22. The Bertz CT molecular complexity index is 584. The van der Waals surface area contributed by atoms with Crippen LogP contribution in [0, 0.1) is 0 Å². The van der Waals surface area contributed by atoms with Crippen molar-refractivity contribution >= 4 is 21.9 Å². The minimum absolute atomic E-state index is 0.0315. The molecule has 0 fully saturated rings. The van der Waals surface area contributed by atoms with Gasteiger partial charge in [-0.3, -0.25) is 4.79 Å². The molecule has 1 atom stereocenters. The second kappa shape index (κ2) is 5.93. The molecule has 1 unspecified atom stereocenters. The Hall–Kier alpha value is -1.75. The number of hydrogen-bond donors (Lipinski definition) is 1. The highest BCUT2D eigenvalue weighted by atomic mass is 79.9. The predicted octanol–water partition coefficient (Wildman–Crippen LogP) is 3.48. The van der Waals surface area contributed by atoms with Crippen LogP contribution in [0.25, 0.3) is 11.3 Å². The molecule has 0 aliphatic carbocycles. The third-order valence-electron chi connectivity index (χ3n) is 2.74. The van der Waals surface area contributed by atoms with E-state index < -0.39 is 5.97 Å². The fraction of sp³-hybridized carbons (Fsp3) is 0.214. The maximum absolute atomic E-state index is 10.7. The third kappa shape index (κ3) is 3.61. The lowest BCUT2D eigenvalue weighted by atomic mass is 10.1. The lowest BCUT2D eigenvalue weighted by molar-refractivity contribution is -0.137. The van der Waals surface area contributed by atoms with Crippen molar-refractivity contribution in [3.8, 4) is 11.3 Å². The van der Waals surface area contributed by atoms with Crippen LogP contribution >= 0.6 is 15.9 Å². The number of nitrogens with zero attached hydrogens (tertiary/aromatic N) is 2. The van der Waals surface area contributed by atoms with E-state index in [0.29, 0.717) is 5.82 Å². The van der Waals surface area contributed by atoms with Crippen molar-refractivity contribution in [3.63, 3.8) is 0 Å². The number of carboxylic acids is 1. The Kier molecular flexibility index (Phi) is 4.27. The van der Waals surface area contributed by atoms with E-state index in [1.165, 1.54) is 0 Å². The molecular weight excluding hydrogens is 308 g/mol. The van der Waals surface area contributed by atoms with Gasteiger partial charge in [-0.15, -0.1) is 0 Å². The fourth-order valence-corrected chi connectivity index (χ4v) is 2.01. The number of carboxylic acid groups (broad SMARTS) is 1. The van der Waals surface area contributed by atoms with Gasteiger partial charge in [-0.25, -0.2) is 9.97 Å². The lowest BCUT2D eigenvalue weighted by Crippen LogP contribution is -2.07. The van der Waals surface area contributed by atoms with Gasteiger partial charge in [-0.05, 0) is 18.2 Å². The summed E-state index contributed by atoms with van der Waals surface area (Å²) in [6, 6.07) is 9.62. The van der Waals surface area contributed by atoms with Gasteiger partial charge in [-0.1, -0.05) is 35.0 Å². The monoisotopic (exact) mass is 320 g/mol. The van der Waals surface area contributed by atoms with Crippen molar-refractivity contribution in [2.45, 2.75) is 19.3 Å². The standard InChI is InChI=1S/C14H13BrN2O2/c1-9(8-13(18)19)14-16-7-6-12(17-14)10-2-4-11(15)5-3-10/h2-7,9H,8H2,1H3,(H,18,19). The molecule has 0 aliphatic heterocycles. The maximum atomic E-state index is 10.7. The average molecular weight is 321 g/mol. The summed E-state index contributed by atoms with van der Waals surface area (Å²) in [6.07, 6.45) is 1.70. The van der Waals surface area contributed by atoms with Gasteiger partial charge in [0.15, 0.2) is 0 Å². The van der Waals surface area contributed by atoms with E-state index in [4.69, 9.17) is 5.11 Å². The Labute approximate surface area is 119 Å². The van der Waals surface area contributed by atoms with Gasteiger partial charge >= 0.3 is 5.97 Å². The fourth-order valence-electron chi connectivity index (χ4n) is 1.75. The maximum Gasteiger partial charge on any atom is 0.304 e. The normalized spacial score (nSPS) is 12.1. The van der Waals surface area contributed by atoms with Gasteiger partial charge in [0.25, 0.3) is 0 Å². The zero-order chi connectivity index (χ0) is 13.8. The first-order valence-electron chi connectivity index (χ1n) is 5.87. The quantitative estimate of drug-likeness (QED) is 0.936. The first kappa shape index (κ1) is 13.7. The summed E-state index contributed by atoms with van der Waals surface area (Å²) < 4.78 is 1.00. The molecule has 0 bridgehead atoms. The Balaban J connectivity index is 2.28. The SMILES string of the molecule is CC(CC(=O)O)c1nccc(-c2ccc(Br)cc2)n1. The van der Waals surface area contributed by atoms with E-state index >= 15 is 0 Å². The molecule has 2 rings (SSSR count). The van der Waals surface area contributed by atoms with Crippen molar-refractivity contribution < 1.29 is 9.90 Å². The highest BCUT2D eigenvalue weighted by molar-refractivity contribution is 9.10. The number of hydrogen-bond acceptors (Lipinski definition) is 3. The molecule has 2 aromatic rings. The first-order chi connectivity index (χ1) is 9.06. The smallest absolute Gasteiger partial charge is 0.304 e. The van der Waals surface area contributed by atoms with Gasteiger partial charge in [0.05, 0.1) is 12.1 Å². The van der Waals surface area contributed by atoms with E-state index in [9.17, 15) is 4.79 Å². The van der Waals surface area contributed by atoms with Crippen LogP contribution in [0.4, 0.5) is 0 Å². The summed E-state index contributed by atoms with van der Waals surface area (Å²) in [5, 5.41) is 8.80. The second-order valence-electron chi connectivity index (χ2n) is 4.31. The van der Waals surface area contributed by atoms with Gasteiger partial charge in [-0.2, -0.15) is 0 Å². The molecule has 0 amide bonds. The van der Waals surface area contributed by atoms with Crippen molar-refractivity contribution in [3.05, 3.63) is 46.8 Å². The van der Waals surface area contributed by atoms with E-state index in [1.54, 1.807) is 6.20 Å². The number of aliphatic carboxylic acids is 1. The zero-order valence-corrected chi connectivity index (χ0v) is 12.0. The molecule has 1 heterocycles. The molecule has 0 spiro atoms. The number of carbonyl (C=O) groups is 1. The minimum atomic E-state index is -0.842. The Morgan fingerprint density at radius 2 is 2.00 bits per heavy atom. The molecule has 1 aromatic carbocycles. The van der Waals surface area contributed by atoms with Gasteiger partial charge < -0.3 is 5.11 Å². The highest BCUT2D eigenvalue weighted by Gasteiger charge is 2.13. The molecule has 98 valence electrons. The van der Waals surface area contributed by atoms with Crippen LogP contribution in [0.3, 0.4) is 0 Å². The lowest BCUT2D eigenvalue weighted by Gasteiger charge is -2.09. The Morgan fingerprint density at radius 3 is 2.63 bits per heavy atom. The van der Waals surface area contributed by atoms with Gasteiger partial charge in [0, 0.05) is 22.2 Å². The number of benzene rings is 1. The molecule has 0 radical (unpaired) electrons. The van der Waals surface area contributed by atoms with Gasteiger partial charge in [0.1, 0.15) is 5.82 Å². The Morgan fingerprint density at radius 1 is 1.32 bits per heavy atom. The largest absolute Gasteiger partial charge is 0.481 e. The second-order valence-corrected chi connectivity index (χ2v) is 5.22. The predicted molar refractivity (Wildman–Crippen MR) is 75.8 cm³/mol. The molecule has 1 aromatic heterocycles. The average Bonchev–Trinajstić information content (AvgIpc) is 2.39. The molecule has 1 N–H and O–H groups in total. The summed E-state index contributed by atoms with van der Waals surface area (Å²) in [5.41, 5.74) is 1.78. The molecule has 5 heteroatoms. The number of aromatic nitrogens is 2. The van der Waals surface area contributed by atoms with Gasteiger partial charge in [0.2, 0.25) is 0 Å². The van der Waals surface area contributed by atoms with E-state index in [0.717, 1.165) is 15.7 Å². The molecule has 0 saturated heterocycles. The van der Waals surface area contributed by atoms with Crippen molar-refractivity contribution in [1.29, 1.82) is 0 Å². The van der Waals surface area contributed by atoms with E-state index in [2.05, 4.69) is 25.9 Å². The topological polar surface area (TPSA) is 63.1 Å². The molecule has 4 nitrogen and oxygen atoms in total. The summed E-state index contributed by atoms with van der Waals surface area (Å²) in [4.78, 5) is 19.3. The van der Waals surface area contributed by atoms with Crippen LogP contribution in [-0.4, -0.2) is 21.0 Å². The molecule has 0 saturated carbocycles. The minimum Gasteiger partial charge on any atom is -0.481 e. The third-order valence-corrected chi connectivity index (χ3v) is 3.26. The molecular formula is C14H13BrN2O2. The van der Waals surface area contributed by atoms with E-state index in [1.807, 2.05) is 37.3 Å². The molecule has 19 heavy (non-hydrogen) atoms. The van der Waals surface area contributed by atoms with Crippen LogP contribution in [0.1, 0.15) is 25.1 Å². The van der Waals surface area contributed by atoms with Crippen LogP contribution in [-0.2, 0) is 4.79 Å². The van der Waals surface area contributed by atoms with Crippen molar-refractivity contribution in [2.75, 3.05) is 0 Å². The van der Waals surface area contributed by atoms with Crippen LogP contribution in [0.5, 0.6) is 0 Å². The number of rotatable bonds is 4. The summed E-state index contributed by atoms with van der Waals surface area (Å²) >= 11 is 3.38. The summed E-state index contributed by atoms with van der Waals surface area (Å²) in [7, 11) is 0. The van der Waals surface area contributed by atoms with E-state index in [-0.39, 0.29) is 12.3 Å².